The summed E-state index contributed by atoms with van der Waals surface area (Å²) in [6.07, 6.45) is 1.63. The molecule has 52 heavy (non-hydrogen) atoms. The first-order chi connectivity index (χ1) is 25.5. The molecule has 5 aromatic rings. The molecule has 2 atom stereocenters. The maximum absolute atomic E-state index is 13.8. The molecule has 0 unspecified atom stereocenters. The molecule has 0 saturated carbocycles. The van der Waals surface area contributed by atoms with Crippen LogP contribution in [0.3, 0.4) is 0 Å². The Kier molecular flexibility index (Phi) is 7.87. The van der Waals surface area contributed by atoms with Crippen LogP contribution in [0.15, 0.2) is 97.1 Å². The number of nitrogens with zero attached hydrogens (tertiary/aromatic N) is 2. The van der Waals surface area contributed by atoms with Crippen LogP contribution in [0.5, 0.6) is 23.0 Å². The van der Waals surface area contributed by atoms with Gasteiger partial charge in [0.05, 0.1) is 48.8 Å². The lowest BCUT2D eigenvalue weighted by molar-refractivity contribution is 0.0975. The average Bonchev–Trinajstić information content (AvgIpc) is 3.67. The number of carbonyl (C=O) groups excluding carboxylic acids is 2. The predicted octanol–water partition coefficient (Wildman–Crippen LogP) is 6.86. The van der Waals surface area contributed by atoms with Gasteiger partial charge < -0.3 is 39.4 Å². The minimum atomic E-state index is -0.0490. The minimum Gasteiger partial charge on any atom is -0.493 e. The van der Waals surface area contributed by atoms with Crippen LogP contribution >= 0.6 is 0 Å². The van der Waals surface area contributed by atoms with Gasteiger partial charge in [-0.2, -0.15) is 0 Å². The van der Waals surface area contributed by atoms with Crippen molar-refractivity contribution in [3.8, 4) is 23.0 Å². The molecule has 4 aliphatic rings. The standard InChI is InChI=1S/C42H38N4O6/c1-49-37-17-31-33(43-21-29-15-27-10-3-5-12-35(27)45(29)41(31)47)19-39(37)51-23-25-8-7-9-26(14-25)24-52-40-20-34-32(18-38(40)50-2)42(48)46-30(22-44-34)16-28-11-4-6-13-36(28)46/h3-14,17-20,29-30,43-44H,15-16,21-24H2,1-2H3/t29-,30-/m0/s1. The second-order valence-electron chi connectivity index (χ2n) is 13.6. The van der Waals surface area contributed by atoms with Crippen molar-refractivity contribution >= 4 is 34.6 Å². The van der Waals surface area contributed by atoms with E-state index in [1.54, 1.807) is 26.4 Å². The highest BCUT2D eigenvalue weighted by Crippen LogP contribution is 2.42. The van der Waals surface area contributed by atoms with Gasteiger partial charge in [-0.25, -0.2) is 0 Å². The van der Waals surface area contributed by atoms with E-state index in [-0.39, 0.29) is 37.1 Å². The van der Waals surface area contributed by atoms with Gasteiger partial charge in [0.15, 0.2) is 23.0 Å². The molecule has 10 heteroatoms. The maximum atomic E-state index is 13.8. The zero-order valence-electron chi connectivity index (χ0n) is 29.0. The summed E-state index contributed by atoms with van der Waals surface area (Å²) in [5.74, 6) is 1.98. The number of amides is 2. The zero-order valence-corrected chi connectivity index (χ0v) is 29.0. The van der Waals surface area contributed by atoms with Crippen LogP contribution in [0.25, 0.3) is 0 Å². The lowest BCUT2D eigenvalue weighted by Crippen LogP contribution is -2.39. The molecule has 2 N–H and O–H groups in total. The van der Waals surface area contributed by atoms with E-state index in [0.29, 0.717) is 47.2 Å². The van der Waals surface area contributed by atoms with E-state index in [9.17, 15) is 9.59 Å². The molecule has 0 aliphatic carbocycles. The number of nitrogens with one attached hydrogen (secondary N) is 2. The summed E-state index contributed by atoms with van der Waals surface area (Å²) >= 11 is 0. The molecule has 4 heterocycles. The Hall–Kier alpha value is -6.16. The monoisotopic (exact) mass is 694 g/mol. The SMILES string of the molecule is COc1cc2c(cc1OCc1cccc(COc3cc4c(cc3OC)C(=O)N3c5ccccc5C[C@H]3CN4)c1)NC[C@@H]1Cc3ccccc3N1C2=O. The summed E-state index contributed by atoms with van der Waals surface area (Å²) < 4.78 is 24.0. The number of rotatable bonds is 8. The number of benzene rings is 5. The number of fused-ring (bicyclic) bond motifs is 8. The second-order valence-corrected chi connectivity index (χ2v) is 13.6. The van der Waals surface area contributed by atoms with Gasteiger partial charge in [0.1, 0.15) is 13.2 Å². The first-order valence-corrected chi connectivity index (χ1v) is 17.6. The summed E-state index contributed by atoms with van der Waals surface area (Å²) in [4.78, 5) is 31.4. The van der Waals surface area contributed by atoms with Crippen LogP contribution in [0, 0.1) is 0 Å². The number of ether oxygens (including phenoxy) is 4. The van der Waals surface area contributed by atoms with Crippen LogP contribution in [0.4, 0.5) is 22.7 Å². The fourth-order valence-electron chi connectivity index (χ4n) is 7.96. The predicted molar refractivity (Wildman–Crippen MR) is 200 cm³/mol. The Balaban J connectivity index is 0.898. The smallest absolute Gasteiger partial charge is 0.260 e. The van der Waals surface area contributed by atoms with Crippen LogP contribution in [-0.4, -0.2) is 51.2 Å². The number of methoxy groups -OCH3 is 2. The van der Waals surface area contributed by atoms with E-state index in [0.717, 1.165) is 46.7 Å². The normalized spacial score (nSPS) is 18.0. The summed E-state index contributed by atoms with van der Waals surface area (Å²) in [6, 6.07) is 31.5. The molecule has 0 fully saturated rings. The molecule has 4 aliphatic heterocycles. The summed E-state index contributed by atoms with van der Waals surface area (Å²) in [6.45, 7) is 1.84. The van der Waals surface area contributed by atoms with Crippen molar-refractivity contribution in [1.29, 1.82) is 0 Å². The van der Waals surface area contributed by atoms with Crippen molar-refractivity contribution in [1.82, 2.24) is 0 Å². The van der Waals surface area contributed by atoms with Crippen LogP contribution in [-0.2, 0) is 26.1 Å². The van der Waals surface area contributed by atoms with Crippen LogP contribution < -0.4 is 39.4 Å². The van der Waals surface area contributed by atoms with Crippen molar-refractivity contribution in [2.24, 2.45) is 0 Å². The highest BCUT2D eigenvalue weighted by molar-refractivity contribution is 6.13. The first-order valence-electron chi connectivity index (χ1n) is 17.6. The van der Waals surface area contributed by atoms with Crippen LogP contribution in [0.2, 0.25) is 0 Å². The maximum Gasteiger partial charge on any atom is 0.260 e. The average molecular weight is 695 g/mol. The Morgan fingerprint density at radius 2 is 1.04 bits per heavy atom. The van der Waals surface area contributed by atoms with Gasteiger partial charge in [0.25, 0.3) is 11.8 Å². The van der Waals surface area contributed by atoms with E-state index in [1.807, 2.05) is 82.6 Å². The quantitative estimate of drug-likeness (QED) is 0.182. The number of hydrogen-bond acceptors (Lipinski definition) is 8. The van der Waals surface area contributed by atoms with Gasteiger partial charge >= 0.3 is 0 Å². The van der Waals surface area contributed by atoms with Crippen LogP contribution in [0.1, 0.15) is 43.0 Å². The molecular formula is C42H38N4O6. The van der Waals surface area contributed by atoms with Gasteiger partial charge in [-0.3, -0.25) is 9.59 Å². The van der Waals surface area contributed by atoms with Crippen molar-refractivity contribution in [3.63, 3.8) is 0 Å². The number of anilines is 4. The van der Waals surface area contributed by atoms with Crippen molar-refractivity contribution in [2.45, 2.75) is 38.1 Å². The number of hydrogen-bond donors (Lipinski definition) is 2. The minimum absolute atomic E-state index is 0.0398. The molecule has 9 rings (SSSR count). The van der Waals surface area contributed by atoms with Gasteiger partial charge in [-0.05, 0) is 65.4 Å². The zero-order chi connectivity index (χ0) is 35.3. The van der Waals surface area contributed by atoms with E-state index >= 15 is 0 Å². The van der Waals surface area contributed by atoms with Crippen molar-refractivity contribution in [3.05, 3.63) is 130 Å². The fourth-order valence-corrected chi connectivity index (χ4v) is 7.96. The summed E-state index contributed by atoms with van der Waals surface area (Å²) in [5.41, 5.74) is 8.76. The summed E-state index contributed by atoms with van der Waals surface area (Å²) in [5, 5.41) is 6.98. The van der Waals surface area contributed by atoms with Gasteiger partial charge in [-0.15, -0.1) is 0 Å². The summed E-state index contributed by atoms with van der Waals surface area (Å²) in [7, 11) is 3.17. The van der Waals surface area contributed by atoms with Gasteiger partial charge in [-0.1, -0.05) is 54.6 Å². The largest absolute Gasteiger partial charge is 0.493 e. The molecule has 0 radical (unpaired) electrons. The lowest BCUT2D eigenvalue weighted by Gasteiger charge is -2.22. The third kappa shape index (κ3) is 5.42. The Bertz CT molecular complexity index is 2080. The molecule has 2 amide bonds. The van der Waals surface area contributed by atoms with E-state index in [4.69, 9.17) is 18.9 Å². The number of carbonyl (C=O) groups is 2. The third-order valence-corrected chi connectivity index (χ3v) is 10.5. The van der Waals surface area contributed by atoms with Crippen molar-refractivity contribution < 1.29 is 28.5 Å². The molecule has 0 bridgehead atoms. The third-order valence-electron chi connectivity index (χ3n) is 10.5. The number of para-hydroxylation sites is 2. The first kappa shape index (κ1) is 31.8. The molecular weight excluding hydrogens is 656 g/mol. The molecule has 0 spiro atoms. The topological polar surface area (TPSA) is 102 Å². The van der Waals surface area contributed by atoms with E-state index < -0.39 is 0 Å². The van der Waals surface area contributed by atoms with Gasteiger partial charge in [0.2, 0.25) is 0 Å². The molecule has 10 nitrogen and oxygen atoms in total. The lowest BCUT2D eigenvalue weighted by atomic mass is 10.1. The Morgan fingerprint density at radius 1 is 0.577 bits per heavy atom. The molecule has 262 valence electrons. The molecule has 5 aromatic carbocycles. The fraction of sp³-hybridized carbons (Fsp3) is 0.238. The van der Waals surface area contributed by atoms with E-state index in [2.05, 4.69) is 22.8 Å². The van der Waals surface area contributed by atoms with E-state index in [1.165, 1.54) is 11.1 Å². The van der Waals surface area contributed by atoms with Gasteiger partial charge in [0, 0.05) is 36.6 Å². The Morgan fingerprint density at radius 3 is 1.50 bits per heavy atom. The molecule has 0 aromatic heterocycles. The highest BCUT2D eigenvalue weighted by Gasteiger charge is 2.39. The molecule has 0 saturated heterocycles. The second kappa shape index (κ2) is 12.9. The highest BCUT2D eigenvalue weighted by atomic mass is 16.5. The Labute approximate surface area is 301 Å². The van der Waals surface area contributed by atoms with Crippen molar-refractivity contribution in [2.75, 3.05) is 47.7 Å².